The minimum atomic E-state index is 0.682. The Morgan fingerprint density at radius 2 is 2.12 bits per heavy atom. The Balaban J connectivity index is 1.80. The third kappa shape index (κ3) is 4.04. The van der Waals surface area contributed by atoms with Crippen LogP contribution in [0, 0.1) is 0 Å². The summed E-state index contributed by atoms with van der Waals surface area (Å²) in [4.78, 5) is 0. The van der Waals surface area contributed by atoms with Crippen LogP contribution in [0.4, 0.5) is 0 Å². The van der Waals surface area contributed by atoms with E-state index in [0.717, 1.165) is 25.2 Å². The van der Waals surface area contributed by atoms with Crippen LogP contribution in [0.2, 0.25) is 0 Å². The molecule has 1 unspecified atom stereocenters. The Morgan fingerprint density at radius 1 is 1.29 bits per heavy atom. The molecule has 0 saturated carbocycles. The number of rotatable bonds is 6. The molecule has 1 aliphatic rings. The summed E-state index contributed by atoms with van der Waals surface area (Å²) < 4.78 is 5.66. The number of benzene rings is 1. The molecular weight excluding hydrogens is 210 g/mol. The molecule has 1 aromatic carbocycles. The van der Waals surface area contributed by atoms with Gasteiger partial charge in [-0.2, -0.15) is 0 Å². The Hall–Kier alpha value is -1.02. The molecule has 1 aromatic rings. The molecule has 17 heavy (non-hydrogen) atoms. The van der Waals surface area contributed by atoms with Crippen LogP contribution >= 0.6 is 0 Å². The highest BCUT2D eigenvalue weighted by Gasteiger charge is 2.13. The fraction of sp³-hybridized carbons (Fsp3) is 0.600. The van der Waals surface area contributed by atoms with E-state index in [9.17, 15) is 0 Å². The number of unbranched alkanes of at least 4 members (excludes halogenated alkanes) is 1. The Kier molecular flexibility index (Phi) is 4.87. The van der Waals surface area contributed by atoms with Gasteiger partial charge in [0.25, 0.3) is 0 Å². The van der Waals surface area contributed by atoms with Gasteiger partial charge in [-0.15, -0.1) is 0 Å². The molecule has 2 heteroatoms. The van der Waals surface area contributed by atoms with Gasteiger partial charge in [0.05, 0.1) is 6.61 Å². The number of nitrogens with one attached hydrogen (secondary N) is 1. The van der Waals surface area contributed by atoms with E-state index in [1.165, 1.54) is 31.4 Å². The van der Waals surface area contributed by atoms with Gasteiger partial charge in [0.15, 0.2) is 0 Å². The fourth-order valence-electron chi connectivity index (χ4n) is 2.27. The van der Waals surface area contributed by atoms with Crippen molar-refractivity contribution in [3.8, 4) is 5.75 Å². The smallest absolute Gasteiger partial charge is 0.119 e. The fourth-order valence-corrected chi connectivity index (χ4v) is 2.27. The molecule has 0 aromatic heterocycles. The summed E-state index contributed by atoms with van der Waals surface area (Å²) in [7, 11) is 0. The lowest BCUT2D eigenvalue weighted by Gasteiger charge is -2.11. The van der Waals surface area contributed by atoms with E-state index in [-0.39, 0.29) is 0 Å². The molecule has 1 heterocycles. The molecule has 1 atom stereocenters. The van der Waals surface area contributed by atoms with Crippen LogP contribution in [0.15, 0.2) is 24.3 Å². The molecule has 0 radical (unpaired) electrons. The average Bonchev–Trinajstić information content (AvgIpc) is 2.85. The summed E-state index contributed by atoms with van der Waals surface area (Å²) >= 11 is 0. The van der Waals surface area contributed by atoms with E-state index in [4.69, 9.17) is 4.74 Å². The standard InChI is InChI=1S/C15H23NO/c1-2-3-11-17-15-8-6-13(7-9-15)12-14-5-4-10-16-14/h6-9,14,16H,2-5,10-12H2,1H3. The van der Waals surface area contributed by atoms with Gasteiger partial charge in [0.2, 0.25) is 0 Å². The second kappa shape index (κ2) is 6.65. The van der Waals surface area contributed by atoms with Crippen LogP contribution in [0.25, 0.3) is 0 Å². The van der Waals surface area contributed by atoms with Crippen molar-refractivity contribution in [2.24, 2.45) is 0 Å². The van der Waals surface area contributed by atoms with Crippen molar-refractivity contribution < 1.29 is 4.74 Å². The van der Waals surface area contributed by atoms with Gasteiger partial charge in [0, 0.05) is 6.04 Å². The maximum atomic E-state index is 5.66. The topological polar surface area (TPSA) is 21.3 Å². The summed E-state index contributed by atoms with van der Waals surface area (Å²) in [6.45, 7) is 4.20. The zero-order chi connectivity index (χ0) is 11.9. The first-order valence-electron chi connectivity index (χ1n) is 6.83. The third-order valence-electron chi connectivity index (χ3n) is 3.33. The lowest BCUT2D eigenvalue weighted by Crippen LogP contribution is -2.23. The quantitative estimate of drug-likeness (QED) is 0.762. The van der Waals surface area contributed by atoms with Crippen LogP contribution < -0.4 is 10.1 Å². The Bertz CT molecular complexity index is 314. The van der Waals surface area contributed by atoms with Gasteiger partial charge in [0.1, 0.15) is 5.75 Å². The molecule has 1 aliphatic heterocycles. The van der Waals surface area contributed by atoms with Crippen LogP contribution in [-0.4, -0.2) is 19.2 Å². The van der Waals surface area contributed by atoms with E-state index in [0.29, 0.717) is 6.04 Å². The summed E-state index contributed by atoms with van der Waals surface area (Å²) in [5.74, 6) is 1.00. The summed E-state index contributed by atoms with van der Waals surface area (Å²) in [6, 6.07) is 9.27. The van der Waals surface area contributed by atoms with Crippen molar-refractivity contribution in [1.29, 1.82) is 0 Å². The number of ether oxygens (including phenoxy) is 1. The molecule has 1 saturated heterocycles. The van der Waals surface area contributed by atoms with Crippen LogP contribution in [0.3, 0.4) is 0 Å². The number of hydrogen-bond acceptors (Lipinski definition) is 2. The molecule has 1 fully saturated rings. The minimum absolute atomic E-state index is 0.682. The highest BCUT2D eigenvalue weighted by atomic mass is 16.5. The first-order chi connectivity index (χ1) is 8.38. The SMILES string of the molecule is CCCCOc1ccc(CC2CCCN2)cc1. The lowest BCUT2D eigenvalue weighted by atomic mass is 10.0. The molecule has 0 bridgehead atoms. The van der Waals surface area contributed by atoms with Crippen molar-refractivity contribution >= 4 is 0 Å². The van der Waals surface area contributed by atoms with Gasteiger partial charge in [-0.05, 0) is 49.9 Å². The monoisotopic (exact) mass is 233 g/mol. The predicted molar refractivity (Wildman–Crippen MR) is 71.6 cm³/mol. The molecule has 94 valence electrons. The van der Waals surface area contributed by atoms with Crippen molar-refractivity contribution in [3.63, 3.8) is 0 Å². The highest BCUT2D eigenvalue weighted by Crippen LogP contribution is 2.16. The first-order valence-corrected chi connectivity index (χ1v) is 6.83. The number of hydrogen-bond donors (Lipinski definition) is 1. The van der Waals surface area contributed by atoms with Crippen molar-refractivity contribution in [2.75, 3.05) is 13.2 Å². The second-order valence-electron chi connectivity index (χ2n) is 4.84. The summed E-state index contributed by atoms with van der Waals surface area (Å²) in [5.41, 5.74) is 1.41. The van der Waals surface area contributed by atoms with Crippen LogP contribution in [0.1, 0.15) is 38.2 Å². The van der Waals surface area contributed by atoms with E-state index < -0.39 is 0 Å². The van der Waals surface area contributed by atoms with E-state index in [1.54, 1.807) is 0 Å². The first kappa shape index (κ1) is 12.4. The van der Waals surface area contributed by atoms with Crippen molar-refractivity contribution in [1.82, 2.24) is 5.32 Å². The minimum Gasteiger partial charge on any atom is -0.494 e. The van der Waals surface area contributed by atoms with Crippen molar-refractivity contribution in [2.45, 2.75) is 45.1 Å². The highest BCUT2D eigenvalue weighted by molar-refractivity contribution is 5.27. The third-order valence-corrected chi connectivity index (χ3v) is 3.33. The normalized spacial score (nSPS) is 19.5. The van der Waals surface area contributed by atoms with Gasteiger partial charge in [-0.25, -0.2) is 0 Å². The van der Waals surface area contributed by atoms with Crippen molar-refractivity contribution in [3.05, 3.63) is 29.8 Å². The van der Waals surface area contributed by atoms with Gasteiger partial charge < -0.3 is 10.1 Å². The molecule has 1 N–H and O–H groups in total. The molecular formula is C15H23NO. The molecule has 2 rings (SSSR count). The van der Waals surface area contributed by atoms with E-state index in [2.05, 4.69) is 36.5 Å². The van der Waals surface area contributed by atoms with Gasteiger partial charge in [-0.3, -0.25) is 0 Å². The summed E-state index contributed by atoms with van der Waals surface area (Å²) in [5, 5.41) is 3.53. The maximum Gasteiger partial charge on any atom is 0.119 e. The average molecular weight is 233 g/mol. The zero-order valence-electron chi connectivity index (χ0n) is 10.7. The Morgan fingerprint density at radius 3 is 2.76 bits per heavy atom. The van der Waals surface area contributed by atoms with Crippen LogP contribution in [0.5, 0.6) is 5.75 Å². The molecule has 0 spiro atoms. The van der Waals surface area contributed by atoms with E-state index in [1.807, 2.05) is 0 Å². The van der Waals surface area contributed by atoms with Gasteiger partial charge >= 0.3 is 0 Å². The Labute approximate surface area is 104 Å². The lowest BCUT2D eigenvalue weighted by molar-refractivity contribution is 0.309. The summed E-state index contributed by atoms with van der Waals surface area (Å²) in [6.07, 6.45) is 6.10. The van der Waals surface area contributed by atoms with Gasteiger partial charge in [-0.1, -0.05) is 25.5 Å². The zero-order valence-corrected chi connectivity index (χ0v) is 10.7. The molecule has 0 aliphatic carbocycles. The van der Waals surface area contributed by atoms with Crippen LogP contribution in [-0.2, 0) is 6.42 Å². The molecule has 0 amide bonds. The van der Waals surface area contributed by atoms with E-state index >= 15 is 0 Å². The predicted octanol–water partition coefficient (Wildman–Crippen LogP) is 3.16. The maximum absolute atomic E-state index is 5.66. The molecule has 2 nitrogen and oxygen atoms in total. The largest absolute Gasteiger partial charge is 0.494 e. The second-order valence-corrected chi connectivity index (χ2v) is 4.84.